The van der Waals surface area contributed by atoms with Gasteiger partial charge < -0.3 is 23.8 Å². The molecule has 0 unspecified atom stereocenters. The van der Waals surface area contributed by atoms with Gasteiger partial charge in [-0.15, -0.1) is 0 Å². The molecular formula is C30H46N2O4. The Kier molecular flexibility index (Phi) is 12.9. The fraction of sp³-hybridized carbons (Fsp3) is 0.600. The monoisotopic (exact) mass is 498 g/mol. The largest absolute Gasteiger partial charge is 0.378 e. The van der Waals surface area contributed by atoms with Crippen LogP contribution in [0.4, 0.5) is 0 Å². The second kappa shape index (κ2) is 16.1. The molecule has 1 heterocycles. The first-order valence-electron chi connectivity index (χ1n) is 13.5. The first-order chi connectivity index (χ1) is 17.7. The van der Waals surface area contributed by atoms with E-state index in [0.717, 1.165) is 25.9 Å². The highest BCUT2D eigenvalue weighted by atomic mass is 16.5. The van der Waals surface area contributed by atoms with Crippen molar-refractivity contribution in [3.8, 4) is 0 Å². The number of rotatable bonds is 4. The van der Waals surface area contributed by atoms with Crippen LogP contribution >= 0.6 is 0 Å². The molecule has 4 atom stereocenters. The van der Waals surface area contributed by atoms with Gasteiger partial charge in [0.15, 0.2) is 0 Å². The molecule has 1 aliphatic rings. The zero-order valence-corrected chi connectivity index (χ0v) is 22.7. The van der Waals surface area contributed by atoms with Crippen molar-refractivity contribution < 1.29 is 18.9 Å². The maximum absolute atomic E-state index is 6.57. The van der Waals surface area contributed by atoms with Gasteiger partial charge in [0, 0.05) is 25.2 Å². The summed E-state index contributed by atoms with van der Waals surface area (Å²) in [6.45, 7) is 9.90. The summed E-state index contributed by atoms with van der Waals surface area (Å²) in [5, 5.41) is 0. The Morgan fingerprint density at radius 3 is 1.42 bits per heavy atom. The molecule has 0 spiro atoms. The molecule has 0 bridgehead atoms. The van der Waals surface area contributed by atoms with Gasteiger partial charge in [-0.25, -0.2) is 0 Å². The minimum Gasteiger partial charge on any atom is -0.378 e. The molecule has 0 aliphatic carbocycles. The van der Waals surface area contributed by atoms with E-state index in [1.54, 1.807) is 0 Å². The van der Waals surface area contributed by atoms with Crippen molar-refractivity contribution in [2.45, 2.75) is 51.0 Å². The van der Waals surface area contributed by atoms with Gasteiger partial charge in [0.05, 0.1) is 51.8 Å². The summed E-state index contributed by atoms with van der Waals surface area (Å²) < 4.78 is 24.9. The van der Waals surface area contributed by atoms with Crippen molar-refractivity contribution in [2.24, 2.45) is 0 Å². The number of ether oxygens (including phenoxy) is 4. The van der Waals surface area contributed by atoms with Crippen molar-refractivity contribution in [3.63, 3.8) is 0 Å². The Labute approximate surface area is 218 Å². The van der Waals surface area contributed by atoms with Crippen LogP contribution in [-0.4, -0.2) is 88.7 Å². The molecule has 0 saturated carbocycles. The van der Waals surface area contributed by atoms with Gasteiger partial charge >= 0.3 is 0 Å². The van der Waals surface area contributed by atoms with Gasteiger partial charge in [-0.2, -0.15) is 0 Å². The molecule has 1 aliphatic heterocycles. The first kappa shape index (κ1) is 28.8. The number of nitrogens with zero attached hydrogens (tertiary/aromatic N) is 2. The summed E-state index contributed by atoms with van der Waals surface area (Å²) in [5.74, 6) is 0. The Bertz CT molecular complexity index is 755. The standard InChI is InChI=1S/C30H46N2O4/c1-5-27-29(25-13-9-7-10-14-25)35-23-21-33-19-17-31(3)18-20-34-22-24-36-30(28(6-2)32(27)4)26-15-11-8-12-16-26/h7-16,27-30H,5-6,17-24H2,1-4H3/t27-,28-,29+,30+/m0/s1. The van der Waals surface area contributed by atoms with E-state index < -0.39 is 0 Å². The summed E-state index contributed by atoms with van der Waals surface area (Å²) in [6, 6.07) is 21.6. The van der Waals surface area contributed by atoms with Gasteiger partial charge in [0.25, 0.3) is 0 Å². The van der Waals surface area contributed by atoms with Crippen molar-refractivity contribution in [1.29, 1.82) is 0 Å². The van der Waals surface area contributed by atoms with Crippen LogP contribution in [-0.2, 0) is 18.9 Å². The minimum absolute atomic E-state index is 0.0554. The van der Waals surface area contributed by atoms with E-state index in [2.05, 4.69) is 98.4 Å². The van der Waals surface area contributed by atoms with E-state index in [0.29, 0.717) is 39.6 Å². The van der Waals surface area contributed by atoms with Crippen LogP contribution in [0.1, 0.15) is 50.0 Å². The highest BCUT2D eigenvalue weighted by Gasteiger charge is 2.34. The molecule has 0 N–H and O–H groups in total. The van der Waals surface area contributed by atoms with Crippen LogP contribution in [0.25, 0.3) is 0 Å². The third-order valence-corrected chi connectivity index (χ3v) is 7.12. The predicted molar refractivity (Wildman–Crippen MR) is 145 cm³/mol. The van der Waals surface area contributed by atoms with Crippen molar-refractivity contribution >= 4 is 0 Å². The van der Waals surface area contributed by atoms with Crippen LogP contribution in [0, 0.1) is 0 Å². The lowest BCUT2D eigenvalue weighted by Crippen LogP contribution is -2.47. The molecule has 3 rings (SSSR count). The van der Waals surface area contributed by atoms with E-state index in [1.165, 1.54) is 11.1 Å². The fourth-order valence-corrected chi connectivity index (χ4v) is 5.05. The molecule has 2 aromatic rings. The molecule has 0 radical (unpaired) electrons. The van der Waals surface area contributed by atoms with E-state index >= 15 is 0 Å². The molecule has 6 nitrogen and oxygen atoms in total. The number of likely N-dealkylation sites (N-methyl/N-ethyl adjacent to an activating group) is 2. The summed E-state index contributed by atoms with van der Waals surface area (Å²) in [6.07, 6.45) is 1.81. The number of benzene rings is 2. The molecule has 6 heteroatoms. The lowest BCUT2D eigenvalue weighted by Gasteiger charge is -2.42. The van der Waals surface area contributed by atoms with E-state index in [9.17, 15) is 0 Å². The predicted octanol–water partition coefficient (Wildman–Crippen LogP) is 4.97. The fourth-order valence-electron chi connectivity index (χ4n) is 5.05. The van der Waals surface area contributed by atoms with Gasteiger partial charge in [-0.1, -0.05) is 74.5 Å². The summed E-state index contributed by atoms with van der Waals surface area (Å²) >= 11 is 0. The van der Waals surface area contributed by atoms with Crippen LogP contribution in [0.2, 0.25) is 0 Å². The van der Waals surface area contributed by atoms with Crippen LogP contribution < -0.4 is 0 Å². The Morgan fingerprint density at radius 1 is 0.611 bits per heavy atom. The smallest absolute Gasteiger partial charge is 0.0981 e. The second-order valence-corrected chi connectivity index (χ2v) is 9.55. The SMILES string of the molecule is CC[C@H]1[C@@H](c2ccccc2)OCCOCCN(C)CCOCCO[C@H](c2ccccc2)[C@H](CC)N1C. The normalized spacial score (nSPS) is 27.2. The zero-order valence-electron chi connectivity index (χ0n) is 22.7. The summed E-state index contributed by atoms with van der Waals surface area (Å²) in [7, 11) is 4.32. The second-order valence-electron chi connectivity index (χ2n) is 9.55. The molecule has 0 amide bonds. The molecule has 200 valence electrons. The lowest BCUT2D eigenvalue weighted by atomic mass is 9.93. The van der Waals surface area contributed by atoms with Crippen LogP contribution in [0.15, 0.2) is 60.7 Å². The third-order valence-electron chi connectivity index (χ3n) is 7.12. The molecule has 36 heavy (non-hydrogen) atoms. The van der Waals surface area contributed by atoms with E-state index in [1.807, 2.05) is 0 Å². The van der Waals surface area contributed by atoms with E-state index in [4.69, 9.17) is 18.9 Å². The highest BCUT2D eigenvalue weighted by Crippen LogP contribution is 2.33. The van der Waals surface area contributed by atoms with Crippen LogP contribution in [0.5, 0.6) is 0 Å². The molecule has 2 aromatic carbocycles. The van der Waals surface area contributed by atoms with Crippen LogP contribution in [0.3, 0.4) is 0 Å². The van der Waals surface area contributed by atoms with E-state index in [-0.39, 0.29) is 24.3 Å². The van der Waals surface area contributed by atoms with Gasteiger partial charge in [0.1, 0.15) is 0 Å². The summed E-state index contributed by atoms with van der Waals surface area (Å²) in [5.41, 5.74) is 2.40. The molecule has 1 fully saturated rings. The van der Waals surface area contributed by atoms with Gasteiger partial charge in [-0.3, -0.25) is 4.90 Å². The molecule has 1 saturated heterocycles. The average Bonchev–Trinajstić information content (AvgIpc) is 2.91. The Balaban J connectivity index is 1.88. The lowest BCUT2D eigenvalue weighted by molar-refractivity contribution is -0.0819. The highest BCUT2D eigenvalue weighted by molar-refractivity contribution is 5.21. The number of hydrogen-bond donors (Lipinski definition) is 0. The Hall–Kier alpha value is -1.80. The maximum atomic E-state index is 6.57. The average molecular weight is 499 g/mol. The molecular weight excluding hydrogens is 452 g/mol. The molecule has 0 aromatic heterocycles. The quantitative estimate of drug-likeness (QED) is 0.593. The topological polar surface area (TPSA) is 43.4 Å². The minimum atomic E-state index is -0.0554. The number of hydrogen-bond acceptors (Lipinski definition) is 6. The Morgan fingerprint density at radius 2 is 1.03 bits per heavy atom. The third kappa shape index (κ3) is 8.65. The zero-order chi connectivity index (χ0) is 25.6. The maximum Gasteiger partial charge on any atom is 0.0981 e. The van der Waals surface area contributed by atoms with Crippen molar-refractivity contribution in [2.75, 3.05) is 66.8 Å². The first-order valence-corrected chi connectivity index (χ1v) is 13.5. The van der Waals surface area contributed by atoms with Gasteiger partial charge in [0.2, 0.25) is 0 Å². The summed E-state index contributed by atoms with van der Waals surface area (Å²) in [4.78, 5) is 4.72. The van der Waals surface area contributed by atoms with Crippen molar-refractivity contribution in [3.05, 3.63) is 71.8 Å². The van der Waals surface area contributed by atoms with Gasteiger partial charge in [-0.05, 0) is 38.1 Å². The van der Waals surface area contributed by atoms with Crippen molar-refractivity contribution in [1.82, 2.24) is 9.80 Å².